The van der Waals surface area contributed by atoms with E-state index in [1.807, 2.05) is 46.8 Å². The molecule has 3 rings (SSSR count). The number of ether oxygens (including phenoxy) is 1. The second-order valence-electron chi connectivity index (χ2n) is 10.5. The van der Waals surface area contributed by atoms with E-state index in [0.29, 0.717) is 5.56 Å². The lowest BCUT2D eigenvalue weighted by Crippen LogP contribution is -2.45. The molecule has 37 heavy (non-hydrogen) atoms. The van der Waals surface area contributed by atoms with E-state index in [9.17, 15) is 24.2 Å². The summed E-state index contributed by atoms with van der Waals surface area (Å²) in [6, 6.07) is 12.0. The number of aromatic nitrogens is 2. The highest BCUT2D eigenvalue weighted by Crippen LogP contribution is 2.31. The van der Waals surface area contributed by atoms with E-state index in [1.165, 1.54) is 24.3 Å². The number of aliphatic hydroxyl groups is 1. The predicted octanol–water partition coefficient (Wildman–Crippen LogP) is 4.75. The average molecular weight is 512 g/mol. The van der Waals surface area contributed by atoms with Crippen molar-refractivity contribution < 1.29 is 28.9 Å². The molecule has 8 nitrogen and oxygen atoms in total. The summed E-state index contributed by atoms with van der Waals surface area (Å²) in [6.07, 6.45) is -0.332. The normalized spacial score (nSPS) is 14.1. The Bertz CT molecular complexity index is 1290. The molecule has 0 unspecified atom stereocenters. The molecule has 0 spiro atoms. The molecule has 1 heterocycles. The van der Waals surface area contributed by atoms with Gasteiger partial charge < -0.3 is 20.3 Å². The number of aliphatic carboxylic acids is 1. The van der Waals surface area contributed by atoms with Crippen molar-refractivity contribution in [1.29, 1.82) is 0 Å². The summed E-state index contributed by atoms with van der Waals surface area (Å²) in [5.74, 6) is -2.24. The van der Waals surface area contributed by atoms with Crippen LogP contribution in [0.1, 0.15) is 67.3 Å². The first-order chi connectivity index (χ1) is 17.2. The van der Waals surface area contributed by atoms with Crippen LogP contribution in [0.15, 0.2) is 48.5 Å². The van der Waals surface area contributed by atoms with Gasteiger partial charge in [0.05, 0.1) is 12.5 Å². The highest BCUT2D eigenvalue weighted by atomic mass is 19.1. The molecular weight excluding hydrogens is 477 g/mol. The Kier molecular flexibility index (Phi) is 8.07. The molecule has 2 aromatic carbocycles. The number of carbonyl (C=O) groups is 2. The van der Waals surface area contributed by atoms with Gasteiger partial charge in [-0.3, -0.25) is 9.59 Å². The second kappa shape index (κ2) is 10.7. The number of carboxylic acid groups (broad SMARTS) is 1. The Labute approximate surface area is 216 Å². The zero-order valence-corrected chi connectivity index (χ0v) is 22.0. The molecule has 0 saturated carbocycles. The summed E-state index contributed by atoms with van der Waals surface area (Å²) >= 11 is 0. The second-order valence-corrected chi connectivity index (χ2v) is 10.5. The maximum atomic E-state index is 14.6. The smallest absolute Gasteiger partial charge is 0.305 e. The number of aryl methyl sites for hydroxylation is 2. The van der Waals surface area contributed by atoms with Gasteiger partial charge in [0, 0.05) is 6.07 Å². The minimum absolute atomic E-state index is 0.0566. The Morgan fingerprint density at radius 2 is 1.78 bits per heavy atom. The molecule has 1 aromatic heterocycles. The molecular formula is C28H34FN3O5. The lowest BCUT2D eigenvalue weighted by Gasteiger charge is -2.36. The minimum atomic E-state index is -1.24. The molecule has 0 aliphatic rings. The SMILES string of the molecule is Cc1ccc([C@H](CC(=O)O)NC(=O)c2cc(OC[C@](C)(O)C(C)(C)C)n(-c3ccccc3F)n2)c(C)c1. The lowest BCUT2D eigenvalue weighted by atomic mass is 9.78. The van der Waals surface area contributed by atoms with Gasteiger partial charge in [-0.25, -0.2) is 4.39 Å². The number of amides is 1. The number of carbonyl (C=O) groups excluding carboxylic acids is 1. The van der Waals surface area contributed by atoms with E-state index >= 15 is 0 Å². The van der Waals surface area contributed by atoms with Crippen LogP contribution in [0.2, 0.25) is 0 Å². The number of halogens is 1. The third-order valence-corrected chi connectivity index (χ3v) is 6.59. The molecule has 1 amide bonds. The molecule has 0 fully saturated rings. The minimum Gasteiger partial charge on any atom is -0.481 e. The van der Waals surface area contributed by atoms with E-state index in [4.69, 9.17) is 4.74 Å². The number of hydrogen-bond acceptors (Lipinski definition) is 5. The Balaban J connectivity index is 1.97. The topological polar surface area (TPSA) is 114 Å². The van der Waals surface area contributed by atoms with Crippen molar-refractivity contribution >= 4 is 11.9 Å². The first-order valence-electron chi connectivity index (χ1n) is 12.0. The maximum Gasteiger partial charge on any atom is 0.305 e. The van der Waals surface area contributed by atoms with Gasteiger partial charge in [-0.1, -0.05) is 56.7 Å². The van der Waals surface area contributed by atoms with Crippen LogP contribution in [-0.2, 0) is 4.79 Å². The predicted molar refractivity (Wildman–Crippen MR) is 137 cm³/mol. The molecule has 2 atom stereocenters. The van der Waals surface area contributed by atoms with Gasteiger partial charge in [-0.15, -0.1) is 0 Å². The molecule has 0 radical (unpaired) electrons. The monoisotopic (exact) mass is 511 g/mol. The Hall–Kier alpha value is -3.72. The molecule has 0 saturated heterocycles. The van der Waals surface area contributed by atoms with Gasteiger partial charge in [0.1, 0.15) is 23.7 Å². The van der Waals surface area contributed by atoms with Gasteiger partial charge in [-0.05, 0) is 49.4 Å². The van der Waals surface area contributed by atoms with E-state index < -0.39 is 34.8 Å². The summed E-state index contributed by atoms with van der Waals surface area (Å²) in [6.45, 7) is 10.8. The molecule has 0 aliphatic carbocycles. The largest absolute Gasteiger partial charge is 0.481 e. The van der Waals surface area contributed by atoms with Crippen LogP contribution in [0.25, 0.3) is 5.69 Å². The molecule has 198 valence electrons. The first-order valence-corrected chi connectivity index (χ1v) is 12.0. The summed E-state index contributed by atoms with van der Waals surface area (Å²) < 4.78 is 21.7. The van der Waals surface area contributed by atoms with E-state index in [-0.39, 0.29) is 30.3 Å². The standard InChI is InChI=1S/C28H34FN3O5/c1-17-11-12-19(18(2)13-17)21(15-25(33)34)30-26(35)22-14-24(37-16-28(6,36)27(3,4)5)32(31-22)23-10-8-7-9-20(23)29/h7-14,21,36H,15-16H2,1-6H3,(H,30,35)(H,33,34)/t21-,28-/m0/s1. The molecule has 3 aromatic rings. The third kappa shape index (κ3) is 6.54. The van der Waals surface area contributed by atoms with Crippen molar-refractivity contribution in [3.8, 4) is 11.6 Å². The molecule has 0 aliphatic heterocycles. The zero-order valence-electron chi connectivity index (χ0n) is 22.0. The summed E-state index contributed by atoms with van der Waals surface area (Å²) in [5.41, 5.74) is 0.737. The van der Waals surface area contributed by atoms with Crippen molar-refractivity contribution in [3.05, 3.63) is 76.7 Å². The summed E-state index contributed by atoms with van der Waals surface area (Å²) in [4.78, 5) is 24.8. The Morgan fingerprint density at radius 3 is 2.38 bits per heavy atom. The van der Waals surface area contributed by atoms with Gasteiger partial charge in [-0.2, -0.15) is 9.78 Å². The number of nitrogens with zero attached hydrogens (tertiary/aromatic N) is 2. The lowest BCUT2D eigenvalue weighted by molar-refractivity contribution is -0.137. The van der Waals surface area contributed by atoms with Gasteiger partial charge in [0.25, 0.3) is 5.91 Å². The Morgan fingerprint density at radius 1 is 1.11 bits per heavy atom. The number of para-hydroxylation sites is 1. The number of nitrogens with one attached hydrogen (secondary N) is 1. The van der Waals surface area contributed by atoms with Crippen molar-refractivity contribution in [2.24, 2.45) is 5.41 Å². The van der Waals surface area contributed by atoms with Crippen molar-refractivity contribution in [1.82, 2.24) is 15.1 Å². The fraction of sp³-hybridized carbons (Fsp3) is 0.393. The first kappa shape index (κ1) is 27.9. The quantitative estimate of drug-likeness (QED) is 0.382. The van der Waals surface area contributed by atoms with Gasteiger partial charge in [0.15, 0.2) is 5.69 Å². The van der Waals surface area contributed by atoms with Crippen LogP contribution in [0.3, 0.4) is 0 Å². The van der Waals surface area contributed by atoms with Crippen molar-refractivity contribution in [2.45, 2.75) is 59.6 Å². The average Bonchev–Trinajstić information content (AvgIpc) is 3.21. The van der Waals surface area contributed by atoms with Crippen LogP contribution in [0.4, 0.5) is 4.39 Å². The number of rotatable bonds is 9. The molecule has 9 heteroatoms. The van der Waals surface area contributed by atoms with Crippen LogP contribution < -0.4 is 10.1 Å². The van der Waals surface area contributed by atoms with E-state index in [0.717, 1.165) is 15.8 Å². The van der Waals surface area contributed by atoms with Crippen LogP contribution >= 0.6 is 0 Å². The van der Waals surface area contributed by atoms with Crippen molar-refractivity contribution in [2.75, 3.05) is 6.61 Å². The van der Waals surface area contributed by atoms with Crippen LogP contribution in [-0.4, -0.2) is 44.1 Å². The van der Waals surface area contributed by atoms with Crippen LogP contribution in [0, 0.1) is 25.1 Å². The van der Waals surface area contributed by atoms with Gasteiger partial charge in [0.2, 0.25) is 5.88 Å². The maximum absolute atomic E-state index is 14.6. The van der Waals surface area contributed by atoms with Gasteiger partial charge >= 0.3 is 5.97 Å². The van der Waals surface area contributed by atoms with Crippen molar-refractivity contribution in [3.63, 3.8) is 0 Å². The van der Waals surface area contributed by atoms with Crippen LogP contribution in [0.5, 0.6) is 5.88 Å². The zero-order chi connectivity index (χ0) is 27.5. The molecule has 0 bridgehead atoms. The number of hydrogen-bond donors (Lipinski definition) is 3. The fourth-order valence-electron chi connectivity index (χ4n) is 3.67. The van der Waals surface area contributed by atoms with E-state index in [2.05, 4.69) is 10.4 Å². The highest BCUT2D eigenvalue weighted by molar-refractivity contribution is 5.93. The summed E-state index contributed by atoms with van der Waals surface area (Å²) in [5, 5.41) is 27.3. The van der Waals surface area contributed by atoms with E-state index in [1.54, 1.807) is 19.1 Å². The summed E-state index contributed by atoms with van der Waals surface area (Å²) in [7, 11) is 0. The number of benzene rings is 2. The molecule has 3 N–H and O–H groups in total. The highest BCUT2D eigenvalue weighted by Gasteiger charge is 2.36. The third-order valence-electron chi connectivity index (χ3n) is 6.59. The fourth-order valence-corrected chi connectivity index (χ4v) is 3.67. The number of carboxylic acids is 1.